The lowest BCUT2D eigenvalue weighted by Crippen LogP contribution is -2.17. The number of hydrogen-bond donors (Lipinski definition) is 0. The summed E-state index contributed by atoms with van der Waals surface area (Å²) in [6.07, 6.45) is 0. The van der Waals surface area contributed by atoms with Gasteiger partial charge in [-0.2, -0.15) is 5.26 Å². The second-order valence-electron chi connectivity index (χ2n) is 18.7. The normalized spacial score (nSPS) is 11.5. The van der Waals surface area contributed by atoms with Gasteiger partial charge in [0, 0.05) is 38.9 Å². The zero-order chi connectivity index (χ0) is 45.9. The van der Waals surface area contributed by atoms with Gasteiger partial charge in [-0.1, -0.05) is 154 Å². The Kier molecular flexibility index (Phi) is 10.4. The van der Waals surface area contributed by atoms with Crippen LogP contribution in [0.15, 0.2) is 176 Å². The average molecular weight is 851 g/mol. The van der Waals surface area contributed by atoms with E-state index in [1.165, 1.54) is 27.1 Å². The van der Waals surface area contributed by atoms with Crippen LogP contribution in [0.2, 0.25) is 0 Å². The van der Waals surface area contributed by atoms with Gasteiger partial charge >= 0.3 is 0 Å². The van der Waals surface area contributed by atoms with Crippen LogP contribution in [0.1, 0.15) is 54.2 Å². The van der Waals surface area contributed by atoms with Crippen molar-refractivity contribution in [3.63, 3.8) is 0 Å². The van der Waals surface area contributed by atoms with E-state index in [4.69, 9.17) is 6.57 Å². The van der Waals surface area contributed by atoms with Gasteiger partial charge in [0.25, 0.3) is 0 Å². The summed E-state index contributed by atoms with van der Waals surface area (Å²) in [7, 11) is 0. The molecule has 0 saturated heterocycles. The van der Waals surface area contributed by atoms with Crippen molar-refractivity contribution in [2.45, 2.75) is 53.9 Å². The summed E-state index contributed by atoms with van der Waals surface area (Å²) < 4.78 is 0. The van der Waals surface area contributed by atoms with E-state index >= 15 is 0 Å². The van der Waals surface area contributed by atoms with Crippen molar-refractivity contribution in [1.82, 2.24) is 0 Å². The van der Waals surface area contributed by atoms with Gasteiger partial charge in [-0.3, -0.25) is 0 Å². The number of nitriles is 1. The summed E-state index contributed by atoms with van der Waals surface area (Å²) in [5.74, 6) is 0. The molecule has 10 aromatic rings. The predicted octanol–water partition coefficient (Wildman–Crippen LogP) is 17.8. The first-order valence-corrected chi connectivity index (χ1v) is 22.6. The summed E-state index contributed by atoms with van der Waals surface area (Å²) in [6, 6.07) is 65.5. The summed E-state index contributed by atoms with van der Waals surface area (Å²) >= 11 is 0. The second kappa shape index (κ2) is 16.4. The molecule has 0 amide bonds. The first kappa shape index (κ1) is 41.8. The SMILES string of the molecule is [C-]#[N+]c1ccc(N(c2cc(-c3ccccc3)ccc2C)c2cc(N(c3ccc(C#N)cc3C)c3cc(-c4ccccc4)ccc3C)c3ccc4cc(C(C)(C)C)cc5ccc2c3c45)c(C)c1. The molecule has 0 unspecified atom stereocenters. The fourth-order valence-electron chi connectivity index (χ4n) is 9.72. The van der Waals surface area contributed by atoms with Crippen molar-refractivity contribution in [3.8, 4) is 28.3 Å². The van der Waals surface area contributed by atoms with Crippen molar-refractivity contribution < 1.29 is 0 Å². The predicted molar refractivity (Wildman–Crippen MR) is 279 cm³/mol. The summed E-state index contributed by atoms with van der Waals surface area (Å²) in [6.45, 7) is 23.4. The van der Waals surface area contributed by atoms with Crippen LogP contribution in [0, 0.1) is 45.6 Å². The third-order valence-electron chi connectivity index (χ3n) is 13.3. The molecule has 0 saturated carbocycles. The van der Waals surface area contributed by atoms with E-state index in [9.17, 15) is 5.26 Å². The van der Waals surface area contributed by atoms with Gasteiger partial charge in [0.05, 0.1) is 29.6 Å². The fourth-order valence-corrected chi connectivity index (χ4v) is 9.72. The molecule has 0 spiro atoms. The number of anilines is 6. The second-order valence-corrected chi connectivity index (χ2v) is 18.7. The molecule has 0 aromatic heterocycles. The van der Waals surface area contributed by atoms with Crippen molar-refractivity contribution in [2.75, 3.05) is 9.80 Å². The monoisotopic (exact) mass is 850 g/mol. The Balaban J connectivity index is 1.38. The minimum Gasteiger partial charge on any atom is -0.309 e. The third-order valence-corrected chi connectivity index (χ3v) is 13.3. The molecule has 0 N–H and O–H groups in total. The summed E-state index contributed by atoms with van der Waals surface area (Å²) in [5, 5.41) is 17.2. The highest BCUT2D eigenvalue weighted by Gasteiger charge is 2.28. The molecule has 66 heavy (non-hydrogen) atoms. The van der Waals surface area contributed by atoms with Crippen LogP contribution < -0.4 is 9.80 Å². The lowest BCUT2D eigenvalue weighted by molar-refractivity contribution is 0.591. The van der Waals surface area contributed by atoms with E-state index in [0.717, 1.165) is 89.4 Å². The van der Waals surface area contributed by atoms with E-state index in [-0.39, 0.29) is 5.41 Å². The van der Waals surface area contributed by atoms with E-state index in [2.05, 4.69) is 221 Å². The molecule has 318 valence electrons. The maximum absolute atomic E-state index is 10.1. The van der Waals surface area contributed by atoms with Gasteiger partial charge in [-0.05, 0) is 142 Å². The van der Waals surface area contributed by atoms with Crippen LogP contribution in [0.4, 0.5) is 39.8 Å². The molecule has 0 bridgehead atoms. The Morgan fingerprint density at radius 3 is 1.39 bits per heavy atom. The summed E-state index contributed by atoms with van der Waals surface area (Å²) in [5.41, 5.74) is 17.3. The van der Waals surface area contributed by atoms with Gasteiger partial charge < -0.3 is 9.80 Å². The Morgan fingerprint density at radius 1 is 0.439 bits per heavy atom. The quantitative estimate of drug-likeness (QED) is 0.113. The highest BCUT2D eigenvalue weighted by atomic mass is 15.2. The topological polar surface area (TPSA) is 34.6 Å². The molecule has 0 heterocycles. The van der Waals surface area contributed by atoms with Gasteiger partial charge in [-0.15, -0.1) is 0 Å². The van der Waals surface area contributed by atoms with Crippen LogP contribution in [-0.4, -0.2) is 0 Å². The Labute approximate surface area is 388 Å². The Bertz CT molecular complexity index is 3360. The number of aryl methyl sites for hydroxylation is 4. The number of benzene rings is 10. The van der Waals surface area contributed by atoms with Gasteiger partial charge in [0.2, 0.25) is 0 Å². The fraction of sp³-hybridized carbons (Fsp3) is 0.129. The van der Waals surface area contributed by atoms with Gasteiger partial charge in [-0.25, -0.2) is 4.85 Å². The minimum atomic E-state index is -0.0426. The van der Waals surface area contributed by atoms with E-state index < -0.39 is 0 Å². The molecule has 0 aliphatic carbocycles. The molecule has 10 rings (SSSR count). The van der Waals surface area contributed by atoms with Crippen LogP contribution in [-0.2, 0) is 5.41 Å². The van der Waals surface area contributed by atoms with Gasteiger partial charge in [0.15, 0.2) is 5.69 Å². The lowest BCUT2D eigenvalue weighted by Gasteiger charge is -2.35. The van der Waals surface area contributed by atoms with Crippen molar-refractivity contribution in [2.24, 2.45) is 0 Å². The summed E-state index contributed by atoms with van der Waals surface area (Å²) in [4.78, 5) is 8.70. The molecule has 4 heteroatoms. The molecule has 0 aliphatic heterocycles. The molecule has 0 radical (unpaired) electrons. The zero-order valence-corrected chi connectivity index (χ0v) is 38.5. The van der Waals surface area contributed by atoms with Crippen LogP contribution in [0.5, 0.6) is 0 Å². The van der Waals surface area contributed by atoms with Crippen molar-refractivity contribution in [3.05, 3.63) is 221 Å². The van der Waals surface area contributed by atoms with Crippen molar-refractivity contribution in [1.29, 1.82) is 5.26 Å². The standard InChI is InChI=1S/C62H50N4/c1-39-19-22-46(44-15-11-9-12-16-44)35-56(39)65(54-29-21-43(38-63)31-41(54)3)58-37-59(53-28-25-49-34-50(62(5,6)7)33-48-24-27-52(58)61(53)60(48)49)66(55-30-26-51(64-8)32-42(55)4)57-36-47(23-20-40(57)2)45-17-13-10-14-18-45/h9-37H,1-7H3. The number of hydrogen-bond acceptors (Lipinski definition) is 3. The van der Waals surface area contributed by atoms with E-state index in [1.54, 1.807) is 0 Å². The maximum atomic E-state index is 10.1. The number of rotatable bonds is 8. The first-order chi connectivity index (χ1) is 31.9. The van der Waals surface area contributed by atoms with E-state index in [1.807, 2.05) is 24.3 Å². The van der Waals surface area contributed by atoms with E-state index in [0.29, 0.717) is 11.3 Å². The molecule has 0 atom stereocenters. The molecule has 10 aromatic carbocycles. The zero-order valence-electron chi connectivity index (χ0n) is 38.5. The largest absolute Gasteiger partial charge is 0.309 e. The molecular formula is C62H50N4. The van der Waals surface area contributed by atoms with Crippen LogP contribution in [0.25, 0.3) is 59.4 Å². The number of nitrogens with zero attached hydrogens (tertiary/aromatic N) is 4. The Hall–Kier alpha value is -8.18. The smallest absolute Gasteiger partial charge is 0.187 e. The van der Waals surface area contributed by atoms with Gasteiger partial charge in [0.1, 0.15) is 0 Å². The molecule has 0 aliphatic rings. The molecular weight excluding hydrogens is 801 g/mol. The first-order valence-electron chi connectivity index (χ1n) is 22.6. The molecule has 0 fully saturated rings. The van der Waals surface area contributed by atoms with Crippen LogP contribution in [0.3, 0.4) is 0 Å². The third kappa shape index (κ3) is 7.28. The average Bonchev–Trinajstić information content (AvgIpc) is 3.33. The lowest BCUT2D eigenvalue weighted by atomic mass is 9.83. The van der Waals surface area contributed by atoms with Crippen molar-refractivity contribution >= 4 is 72.1 Å². The highest BCUT2D eigenvalue weighted by molar-refractivity contribution is 6.29. The maximum Gasteiger partial charge on any atom is 0.187 e. The highest BCUT2D eigenvalue weighted by Crippen LogP contribution is 2.53. The van der Waals surface area contributed by atoms with Crippen LogP contribution >= 0.6 is 0 Å². The minimum absolute atomic E-state index is 0.0426. The molecule has 4 nitrogen and oxygen atoms in total. The Morgan fingerprint density at radius 2 is 0.939 bits per heavy atom.